The normalized spacial score (nSPS) is 15.2. The summed E-state index contributed by atoms with van der Waals surface area (Å²) in [4.78, 5) is 35.3. The Morgan fingerprint density at radius 3 is 2.41 bits per heavy atom. The van der Waals surface area contributed by atoms with E-state index >= 15 is 0 Å². The van der Waals surface area contributed by atoms with Crippen LogP contribution in [0.5, 0.6) is 0 Å². The molecule has 0 saturated heterocycles. The van der Waals surface area contributed by atoms with Gasteiger partial charge in [0.25, 0.3) is 11.8 Å². The van der Waals surface area contributed by atoms with E-state index in [-0.39, 0.29) is 16.8 Å². The third kappa shape index (κ3) is 5.27. The van der Waals surface area contributed by atoms with E-state index in [1.54, 1.807) is 32.2 Å². The molecule has 3 aromatic heterocycles. The lowest BCUT2D eigenvalue weighted by Gasteiger charge is -2.30. The maximum absolute atomic E-state index is 13.3. The van der Waals surface area contributed by atoms with Gasteiger partial charge < -0.3 is 5.32 Å². The Bertz CT molecular complexity index is 1380. The molecule has 0 aliphatic carbocycles. The van der Waals surface area contributed by atoms with Crippen molar-refractivity contribution in [3.63, 3.8) is 0 Å². The number of aromatic nitrogens is 4. The molecule has 0 radical (unpaired) electrons. The van der Waals surface area contributed by atoms with Crippen molar-refractivity contribution in [3.05, 3.63) is 59.3 Å². The minimum absolute atomic E-state index is 0.115. The molecule has 0 bridgehead atoms. The van der Waals surface area contributed by atoms with E-state index in [1.807, 2.05) is 0 Å². The lowest BCUT2D eigenvalue weighted by atomic mass is 9.96. The van der Waals surface area contributed by atoms with Gasteiger partial charge in [-0.15, -0.1) is 0 Å². The molecule has 4 rings (SSSR count). The number of carbonyl (C=O) groups is 2. The van der Waals surface area contributed by atoms with Gasteiger partial charge in [0, 0.05) is 24.2 Å². The molecule has 8 nitrogen and oxygen atoms in total. The Kier molecular flexibility index (Phi) is 6.24. The lowest BCUT2D eigenvalue weighted by molar-refractivity contribution is -0.142. The summed E-state index contributed by atoms with van der Waals surface area (Å²) < 4.78 is 76.4. The van der Waals surface area contributed by atoms with Crippen LogP contribution in [-0.2, 0) is 12.1 Å². The Labute approximate surface area is 206 Å². The minimum Gasteiger partial charge on any atom is -0.343 e. The van der Waals surface area contributed by atoms with Crippen LogP contribution in [0.4, 0.5) is 32.0 Å². The molecule has 1 N–H and O–H groups in total. The van der Waals surface area contributed by atoms with E-state index in [0.29, 0.717) is 27.2 Å². The molecule has 196 valence electrons. The number of pyridine rings is 2. The predicted octanol–water partition coefficient (Wildman–Crippen LogP) is 4.40. The smallest absolute Gasteiger partial charge is 0.343 e. The van der Waals surface area contributed by atoms with Gasteiger partial charge in [0.05, 0.1) is 39.9 Å². The van der Waals surface area contributed by atoms with Crippen molar-refractivity contribution in [2.75, 3.05) is 11.4 Å². The third-order valence-corrected chi connectivity index (χ3v) is 5.74. The molecule has 1 aliphatic rings. The van der Waals surface area contributed by atoms with E-state index in [1.165, 1.54) is 23.4 Å². The Balaban J connectivity index is 1.68. The first-order valence-corrected chi connectivity index (χ1v) is 10.8. The van der Waals surface area contributed by atoms with Crippen LogP contribution in [0.1, 0.15) is 45.8 Å². The number of anilines is 1. The van der Waals surface area contributed by atoms with Crippen molar-refractivity contribution in [3.8, 4) is 11.3 Å². The second kappa shape index (κ2) is 8.85. The summed E-state index contributed by atoms with van der Waals surface area (Å²) in [6, 6.07) is 2.90. The molecule has 0 saturated carbocycles. The zero-order valence-electron chi connectivity index (χ0n) is 19.7. The van der Waals surface area contributed by atoms with Gasteiger partial charge in [0.1, 0.15) is 13.1 Å². The third-order valence-electron chi connectivity index (χ3n) is 5.74. The van der Waals surface area contributed by atoms with Crippen LogP contribution in [-0.4, -0.2) is 50.5 Å². The molecule has 4 heterocycles. The maximum Gasteiger partial charge on any atom is 0.408 e. The van der Waals surface area contributed by atoms with Crippen LogP contribution in [0.2, 0.25) is 0 Å². The number of nitrogens with one attached hydrogen (secondary N) is 1. The number of hydrogen-bond acceptors (Lipinski definition) is 5. The summed E-state index contributed by atoms with van der Waals surface area (Å²) in [5, 5.41) is 5.49. The average molecular weight is 526 g/mol. The second-order valence-corrected chi connectivity index (χ2v) is 9.02. The molecular weight excluding hydrogens is 506 g/mol. The highest BCUT2D eigenvalue weighted by atomic mass is 19.4. The molecule has 0 unspecified atom stereocenters. The second-order valence-electron chi connectivity index (χ2n) is 9.02. The van der Waals surface area contributed by atoms with E-state index in [9.17, 15) is 35.9 Å². The van der Waals surface area contributed by atoms with Gasteiger partial charge in [-0.3, -0.25) is 24.2 Å². The van der Waals surface area contributed by atoms with Gasteiger partial charge in [-0.05, 0) is 38.5 Å². The molecule has 2 amide bonds. The van der Waals surface area contributed by atoms with Crippen molar-refractivity contribution in [2.45, 2.75) is 45.2 Å². The molecule has 14 heteroatoms. The first-order valence-electron chi connectivity index (χ1n) is 10.8. The lowest BCUT2D eigenvalue weighted by Crippen LogP contribution is -2.39. The molecule has 0 aromatic carbocycles. The minimum atomic E-state index is -4.58. The van der Waals surface area contributed by atoms with Gasteiger partial charge in [-0.25, -0.2) is 4.98 Å². The maximum atomic E-state index is 13.3. The Hall–Kier alpha value is -3.97. The molecule has 0 atom stereocenters. The summed E-state index contributed by atoms with van der Waals surface area (Å²) >= 11 is 0. The van der Waals surface area contributed by atoms with Crippen LogP contribution in [0.15, 0.2) is 36.9 Å². The highest BCUT2D eigenvalue weighted by Crippen LogP contribution is 2.43. The quantitative estimate of drug-likeness (QED) is 0.498. The van der Waals surface area contributed by atoms with E-state index < -0.39 is 42.8 Å². The number of amides is 2. The van der Waals surface area contributed by atoms with Crippen LogP contribution in [0, 0.1) is 6.92 Å². The summed E-state index contributed by atoms with van der Waals surface area (Å²) in [5.74, 6) is -1.44. The van der Waals surface area contributed by atoms with Crippen molar-refractivity contribution in [1.29, 1.82) is 0 Å². The van der Waals surface area contributed by atoms with Crippen molar-refractivity contribution >= 4 is 17.5 Å². The number of carbonyl (C=O) groups excluding carboxylic acids is 2. The number of aryl methyl sites for hydroxylation is 1. The predicted molar refractivity (Wildman–Crippen MR) is 119 cm³/mol. The first kappa shape index (κ1) is 26.1. The monoisotopic (exact) mass is 526 g/mol. The summed E-state index contributed by atoms with van der Waals surface area (Å²) in [7, 11) is 0. The van der Waals surface area contributed by atoms with Gasteiger partial charge in [0.15, 0.2) is 0 Å². The topological polar surface area (TPSA) is 93.0 Å². The average Bonchev–Trinajstić information content (AvgIpc) is 3.29. The van der Waals surface area contributed by atoms with E-state index in [0.717, 1.165) is 12.4 Å². The summed E-state index contributed by atoms with van der Waals surface area (Å²) in [5.41, 5.74) is 0.699. The zero-order valence-corrected chi connectivity index (χ0v) is 19.7. The molecule has 37 heavy (non-hydrogen) atoms. The van der Waals surface area contributed by atoms with Crippen LogP contribution < -0.4 is 10.2 Å². The fourth-order valence-electron chi connectivity index (χ4n) is 4.17. The van der Waals surface area contributed by atoms with Gasteiger partial charge in [-0.1, -0.05) is 0 Å². The van der Waals surface area contributed by atoms with Crippen molar-refractivity contribution < 1.29 is 35.9 Å². The number of hydrogen-bond donors (Lipinski definition) is 1. The molecule has 0 spiro atoms. The van der Waals surface area contributed by atoms with Crippen molar-refractivity contribution in [1.82, 2.24) is 25.1 Å². The molecule has 0 fully saturated rings. The van der Waals surface area contributed by atoms with Crippen LogP contribution >= 0.6 is 0 Å². The highest BCUT2D eigenvalue weighted by molar-refractivity contribution is 6.12. The van der Waals surface area contributed by atoms with Gasteiger partial charge >= 0.3 is 12.4 Å². The standard InChI is InChI=1S/C23H20F6N6O2/c1-12-4-16(13-5-14(7-30-6-13)19(36)31-10-22(24,25)26)33-18-17(12)20(37)35(21(18,2)3)15-8-32-34(9-15)11-23(27,28)29/h4-9H,10-11H2,1-3H3,(H,31,36). The number of rotatable bonds is 5. The fourth-order valence-corrected chi connectivity index (χ4v) is 4.17. The highest BCUT2D eigenvalue weighted by Gasteiger charge is 2.47. The Morgan fingerprint density at radius 1 is 1.05 bits per heavy atom. The number of alkyl halides is 6. The van der Waals surface area contributed by atoms with E-state index in [2.05, 4.69) is 15.1 Å². The number of halogens is 6. The van der Waals surface area contributed by atoms with Gasteiger partial charge in [0.2, 0.25) is 0 Å². The van der Waals surface area contributed by atoms with Crippen molar-refractivity contribution in [2.24, 2.45) is 0 Å². The summed E-state index contributed by atoms with van der Waals surface area (Å²) in [6.45, 7) is 2.18. The summed E-state index contributed by atoms with van der Waals surface area (Å²) in [6.07, 6.45) is -4.29. The number of nitrogens with zero attached hydrogens (tertiary/aromatic N) is 5. The van der Waals surface area contributed by atoms with Crippen LogP contribution in [0.3, 0.4) is 0 Å². The first-order chi connectivity index (χ1) is 17.1. The van der Waals surface area contributed by atoms with Gasteiger partial charge in [-0.2, -0.15) is 31.4 Å². The fraction of sp³-hybridized carbons (Fsp3) is 0.348. The zero-order chi connectivity index (χ0) is 27.3. The molecular formula is C23H20F6N6O2. The number of fused-ring (bicyclic) bond motifs is 1. The van der Waals surface area contributed by atoms with Crippen LogP contribution in [0.25, 0.3) is 11.3 Å². The molecule has 3 aromatic rings. The molecule has 1 aliphatic heterocycles. The SMILES string of the molecule is Cc1cc(-c2cncc(C(=O)NCC(F)(F)F)c2)nc2c1C(=O)N(c1cnn(CC(F)(F)F)c1)C2(C)C. The largest absolute Gasteiger partial charge is 0.408 e. The Morgan fingerprint density at radius 2 is 1.76 bits per heavy atom. The van der Waals surface area contributed by atoms with E-state index in [4.69, 9.17) is 0 Å².